The number of sulfonamides is 1. The van der Waals surface area contributed by atoms with Gasteiger partial charge in [0.15, 0.2) is 0 Å². The van der Waals surface area contributed by atoms with E-state index in [0.29, 0.717) is 17.9 Å². The van der Waals surface area contributed by atoms with Gasteiger partial charge in [0.25, 0.3) is 0 Å². The van der Waals surface area contributed by atoms with E-state index in [1.165, 1.54) is 7.11 Å². The Balaban J connectivity index is 1.51. The molecular formula is C19H20F3N3O6S. The molecule has 0 bridgehead atoms. The fourth-order valence-electron chi connectivity index (χ4n) is 2.94. The predicted molar refractivity (Wildman–Crippen MR) is 107 cm³/mol. The summed E-state index contributed by atoms with van der Waals surface area (Å²) in [5, 5.41) is 2.55. The second-order valence-electron chi connectivity index (χ2n) is 6.70. The Morgan fingerprint density at radius 1 is 1.06 bits per heavy atom. The average molecular weight is 475 g/mol. The van der Waals surface area contributed by atoms with E-state index in [-0.39, 0.29) is 18.0 Å². The zero-order chi connectivity index (χ0) is 23.4. The maximum atomic E-state index is 12.7. The molecule has 0 aromatic heterocycles. The lowest BCUT2D eigenvalue weighted by Gasteiger charge is -2.17. The first kappa shape index (κ1) is 23.6. The number of rotatable bonds is 7. The summed E-state index contributed by atoms with van der Waals surface area (Å²) in [4.78, 5) is 17.0. The van der Waals surface area contributed by atoms with Crippen LogP contribution in [0.25, 0.3) is 0 Å². The number of urea groups is 1. The third kappa shape index (κ3) is 6.24. The zero-order valence-electron chi connectivity index (χ0n) is 16.8. The standard InChI is InChI=1S/C19H20F3N3O6S/c1-29-14-4-2-13(3-5-14)23-18(26)24-31-16-10-11-25(12-16)32(27,28)17-8-6-15(7-9-17)30-19(20,21)22/h2-9,16H,10-12H2,1H3,(H2,23,24,26)/t16-/m0/s1. The molecule has 32 heavy (non-hydrogen) atoms. The molecule has 1 aliphatic rings. The lowest BCUT2D eigenvalue weighted by atomic mass is 10.3. The monoisotopic (exact) mass is 475 g/mol. The van der Waals surface area contributed by atoms with Crippen molar-refractivity contribution in [3.05, 3.63) is 48.5 Å². The number of amides is 2. The second kappa shape index (κ2) is 9.63. The van der Waals surface area contributed by atoms with Crippen LogP contribution in [0, 0.1) is 0 Å². The van der Waals surface area contributed by atoms with E-state index in [0.717, 1.165) is 28.6 Å². The molecule has 0 aliphatic carbocycles. The molecular weight excluding hydrogens is 455 g/mol. The average Bonchev–Trinajstić information content (AvgIpc) is 3.22. The smallest absolute Gasteiger partial charge is 0.497 e. The van der Waals surface area contributed by atoms with Crippen molar-refractivity contribution < 1.29 is 40.7 Å². The van der Waals surface area contributed by atoms with E-state index in [9.17, 15) is 26.4 Å². The van der Waals surface area contributed by atoms with Crippen LogP contribution in [0.15, 0.2) is 53.4 Å². The number of carbonyl (C=O) groups is 1. The Kier molecular flexibility index (Phi) is 7.11. The van der Waals surface area contributed by atoms with Crippen LogP contribution in [0.5, 0.6) is 11.5 Å². The maximum absolute atomic E-state index is 12.7. The van der Waals surface area contributed by atoms with Gasteiger partial charge in [0.2, 0.25) is 10.0 Å². The van der Waals surface area contributed by atoms with Crippen molar-refractivity contribution in [2.75, 3.05) is 25.5 Å². The van der Waals surface area contributed by atoms with Crippen LogP contribution in [0.2, 0.25) is 0 Å². The first-order valence-corrected chi connectivity index (χ1v) is 10.7. The highest BCUT2D eigenvalue weighted by Crippen LogP contribution is 2.27. The minimum atomic E-state index is -4.87. The van der Waals surface area contributed by atoms with E-state index in [1.807, 2.05) is 0 Å². The number of alkyl halides is 3. The third-order valence-corrected chi connectivity index (χ3v) is 6.35. The summed E-state index contributed by atoms with van der Waals surface area (Å²) >= 11 is 0. The number of carbonyl (C=O) groups excluding carboxylic acids is 1. The van der Waals surface area contributed by atoms with Crippen LogP contribution in [0.1, 0.15) is 6.42 Å². The zero-order valence-corrected chi connectivity index (χ0v) is 17.6. The normalized spacial score (nSPS) is 17.1. The van der Waals surface area contributed by atoms with Gasteiger partial charge in [0, 0.05) is 18.8 Å². The van der Waals surface area contributed by atoms with Gasteiger partial charge in [-0.1, -0.05) is 0 Å². The molecule has 2 aromatic carbocycles. The summed E-state index contributed by atoms with van der Waals surface area (Å²) in [6, 6.07) is 9.87. The summed E-state index contributed by atoms with van der Waals surface area (Å²) in [7, 11) is -2.43. The van der Waals surface area contributed by atoms with E-state index in [4.69, 9.17) is 9.57 Å². The second-order valence-corrected chi connectivity index (χ2v) is 8.63. The van der Waals surface area contributed by atoms with Gasteiger partial charge in [0.05, 0.1) is 12.0 Å². The molecule has 2 aromatic rings. The van der Waals surface area contributed by atoms with Crippen LogP contribution in [0.4, 0.5) is 23.7 Å². The molecule has 0 saturated carbocycles. The minimum absolute atomic E-state index is 0.0358. The summed E-state index contributed by atoms with van der Waals surface area (Å²) in [5.41, 5.74) is 2.72. The molecule has 3 rings (SSSR count). The van der Waals surface area contributed by atoms with E-state index < -0.39 is 34.3 Å². The fourth-order valence-corrected chi connectivity index (χ4v) is 4.43. The number of halogens is 3. The fraction of sp³-hybridized carbons (Fsp3) is 0.316. The van der Waals surface area contributed by atoms with E-state index in [1.54, 1.807) is 24.3 Å². The highest BCUT2D eigenvalue weighted by Gasteiger charge is 2.34. The topological polar surface area (TPSA) is 106 Å². The predicted octanol–water partition coefficient (Wildman–Crippen LogP) is 3.11. The third-order valence-electron chi connectivity index (χ3n) is 4.47. The van der Waals surface area contributed by atoms with Crippen molar-refractivity contribution in [1.29, 1.82) is 0 Å². The van der Waals surface area contributed by atoms with Crippen molar-refractivity contribution >= 4 is 21.7 Å². The first-order valence-electron chi connectivity index (χ1n) is 9.29. The number of hydrogen-bond acceptors (Lipinski definition) is 6. The van der Waals surface area contributed by atoms with Crippen LogP contribution >= 0.6 is 0 Å². The molecule has 9 nitrogen and oxygen atoms in total. The molecule has 1 fully saturated rings. The van der Waals surface area contributed by atoms with Crippen LogP contribution in [0.3, 0.4) is 0 Å². The Hall–Kier alpha value is -3.03. The molecule has 1 heterocycles. The van der Waals surface area contributed by atoms with Gasteiger partial charge >= 0.3 is 12.4 Å². The number of benzene rings is 2. The lowest BCUT2D eigenvalue weighted by molar-refractivity contribution is -0.274. The molecule has 2 amide bonds. The summed E-state index contributed by atoms with van der Waals surface area (Å²) < 4.78 is 72.0. The SMILES string of the molecule is COc1ccc(NC(=O)NO[C@H]2CCN(S(=O)(=O)c3ccc(OC(F)(F)F)cc3)C2)cc1. The number of methoxy groups -OCH3 is 1. The van der Waals surface area contributed by atoms with Gasteiger partial charge in [-0.05, 0) is 55.0 Å². The number of ether oxygens (including phenoxy) is 2. The van der Waals surface area contributed by atoms with E-state index in [2.05, 4.69) is 15.5 Å². The van der Waals surface area contributed by atoms with Crippen molar-refractivity contribution in [1.82, 2.24) is 9.79 Å². The van der Waals surface area contributed by atoms with Crippen LogP contribution in [-0.2, 0) is 14.9 Å². The first-order chi connectivity index (χ1) is 15.1. The molecule has 13 heteroatoms. The van der Waals surface area contributed by atoms with Gasteiger partial charge in [-0.3, -0.25) is 4.84 Å². The Labute approximate surface area is 182 Å². The molecule has 174 valence electrons. The lowest BCUT2D eigenvalue weighted by Crippen LogP contribution is -2.35. The minimum Gasteiger partial charge on any atom is -0.497 e. The van der Waals surface area contributed by atoms with E-state index >= 15 is 0 Å². The van der Waals surface area contributed by atoms with Crippen molar-refractivity contribution in [3.8, 4) is 11.5 Å². The number of nitrogens with one attached hydrogen (secondary N) is 2. The number of anilines is 1. The largest absolute Gasteiger partial charge is 0.573 e. The van der Waals surface area contributed by atoms with Crippen molar-refractivity contribution in [2.45, 2.75) is 23.8 Å². The summed E-state index contributed by atoms with van der Waals surface area (Å²) in [5.74, 6) is 0.105. The van der Waals surface area contributed by atoms with Gasteiger partial charge < -0.3 is 14.8 Å². The molecule has 0 unspecified atom stereocenters. The van der Waals surface area contributed by atoms with Crippen molar-refractivity contribution in [3.63, 3.8) is 0 Å². The molecule has 1 saturated heterocycles. The quantitative estimate of drug-likeness (QED) is 0.596. The highest BCUT2D eigenvalue weighted by atomic mass is 32.2. The molecule has 1 aliphatic heterocycles. The molecule has 0 spiro atoms. The summed E-state index contributed by atoms with van der Waals surface area (Å²) in [6.45, 7) is 0.0849. The highest BCUT2D eigenvalue weighted by molar-refractivity contribution is 7.89. The van der Waals surface area contributed by atoms with Gasteiger partial charge in [-0.15, -0.1) is 13.2 Å². The van der Waals surface area contributed by atoms with Gasteiger partial charge in [-0.25, -0.2) is 18.7 Å². The Bertz CT molecular complexity index is 1030. The number of hydroxylamine groups is 1. The number of nitrogens with zero attached hydrogens (tertiary/aromatic N) is 1. The van der Waals surface area contributed by atoms with Gasteiger partial charge in [0.1, 0.15) is 17.6 Å². The number of hydrogen-bond donors (Lipinski definition) is 2. The maximum Gasteiger partial charge on any atom is 0.573 e. The van der Waals surface area contributed by atoms with Gasteiger partial charge in [-0.2, -0.15) is 4.31 Å². The van der Waals surface area contributed by atoms with Crippen LogP contribution < -0.4 is 20.3 Å². The molecule has 2 N–H and O–H groups in total. The van der Waals surface area contributed by atoms with Crippen LogP contribution in [-0.4, -0.2) is 51.4 Å². The van der Waals surface area contributed by atoms with Crippen molar-refractivity contribution in [2.24, 2.45) is 0 Å². The molecule has 1 atom stereocenters. The Morgan fingerprint density at radius 2 is 1.69 bits per heavy atom. The molecule has 0 radical (unpaired) electrons. The Morgan fingerprint density at radius 3 is 2.28 bits per heavy atom. The summed E-state index contributed by atoms with van der Waals surface area (Å²) in [6.07, 6.45) is -5.15.